The maximum Gasteiger partial charge on any atom is 0.222 e. The van der Waals surface area contributed by atoms with Crippen LogP contribution in [0.5, 0.6) is 5.88 Å². The van der Waals surface area contributed by atoms with Crippen LogP contribution in [-0.2, 0) is 6.42 Å². The molecule has 0 fully saturated rings. The molecule has 0 aliphatic carbocycles. The first-order valence-electron chi connectivity index (χ1n) is 4.87. The first kappa shape index (κ1) is 11.5. The molecule has 1 heterocycles. The Balaban J connectivity index is 2.95. The van der Waals surface area contributed by atoms with Crippen LogP contribution in [-0.4, -0.2) is 16.6 Å². The summed E-state index contributed by atoms with van der Waals surface area (Å²) in [6.07, 6.45) is 4.90. The minimum Gasteiger partial charge on any atom is -0.473 e. The number of anilines is 1. The van der Waals surface area contributed by atoms with Gasteiger partial charge < -0.3 is 10.2 Å². The highest BCUT2D eigenvalue weighted by molar-refractivity contribution is 5.47. The molecule has 0 amide bonds. The molecule has 1 aromatic rings. The summed E-state index contributed by atoms with van der Waals surface area (Å²) in [7, 11) is 0. The molecule has 15 heavy (non-hydrogen) atoms. The third-order valence-electron chi connectivity index (χ3n) is 1.88. The Bertz CT molecular complexity index is 327. The normalized spacial score (nSPS) is 9.73. The van der Waals surface area contributed by atoms with Crippen LogP contribution in [0.4, 0.5) is 5.82 Å². The standard InChI is InChI=1S/C10H16N4O/c1-3-5-8-9(14-11)12-7-13-10(8)15-6-4-2/h4,7H,2-3,5-6,11H2,1H3,(H,12,13,14). The molecule has 5 nitrogen and oxygen atoms in total. The summed E-state index contributed by atoms with van der Waals surface area (Å²) in [5, 5.41) is 0. The van der Waals surface area contributed by atoms with Crippen molar-refractivity contribution in [2.75, 3.05) is 12.0 Å². The third-order valence-corrected chi connectivity index (χ3v) is 1.88. The third kappa shape index (κ3) is 2.92. The lowest BCUT2D eigenvalue weighted by atomic mass is 10.2. The largest absolute Gasteiger partial charge is 0.473 e. The Morgan fingerprint density at radius 1 is 1.60 bits per heavy atom. The van der Waals surface area contributed by atoms with Gasteiger partial charge in [0.2, 0.25) is 5.88 Å². The lowest BCUT2D eigenvalue weighted by Gasteiger charge is -2.11. The highest BCUT2D eigenvalue weighted by atomic mass is 16.5. The van der Waals surface area contributed by atoms with E-state index in [1.165, 1.54) is 6.33 Å². The van der Waals surface area contributed by atoms with E-state index in [4.69, 9.17) is 10.6 Å². The first-order chi connectivity index (χ1) is 7.33. The number of nitrogens with zero attached hydrogens (tertiary/aromatic N) is 2. The lowest BCUT2D eigenvalue weighted by molar-refractivity contribution is 0.343. The van der Waals surface area contributed by atoms with Crippen LogP contribution in [0.2, 0.25) is 0 Å². The summed E-state index contributed by atoms with van der Waals surface area (Å²) in [5.74, 6) is 6.55. The van der Waals surface area contributed by atoms with Gasteiger partial charge in [-0.15, -0.1) is 0 Å². The number of hydrazine groups is 1. The summed E-state index contributed by atoms with van der Waals surface area (Å²) >= 11 is 0. The second-order valence-electron chi connectivity index (χ2n) is 3.00. The predicted molar refractivity (Wildman–Crippen MR) is 59.5 cm³/mol. The van der Waals surface area contributed by atoms with E-state index in [2.05, 4.69) is 28.9 Å². The molecule has 0 aromatic carbocycles. The van der Waals surface area contributed by atoms with E-state index in [0.29, 0.717) is 18.3 Å². The second-order valence-corrected chi connectivity index (χ2v) is 3.00. The van der Waals surface area contributed by atoms with Crippen molar-refractivity contribution in [1.82, 2.24) is 9.97 Å². The predicted octanol–water partition coefficient (Wildman–Crippen LogP) is 1.28. The Labute approximate surface area is 89.3 Å². The molecule has 5 heteroatoms. The van der Waals surface area contributed by atoms with E-state index >= 15 is 0 Å². The van der Waals surface area contributed by atoms with E-state index < -0.39 is 0 Å². The molecule has 0 aliphatic heterocycles. The van der Waals surface area contributed by atoms with Crippen molar-refractivity contribution in [3.8, 4) is 5.88 Å². The maximum atomic E-state index is 5.42. The smallest absolute Gasteiger partial charge is 0.222 e. The second kappa shape index (κ2) is 5.98. The number of ether oxygens (including phenoxy) is 1. The van der Waals surface area contributed by atoms with Crippen LogP contribution in [0, 0.1) is 0 Å². The van der Waals surface area contributed by atoms with Gasteiger partial charge in [-0.05, 0) is 6.42 Å². The van der Waals surface area contributed by atoms with E-state index in [0.717, 1.165) is 18.4 Å². The van der Waals surface area contributed by atoms with Gasteiger partial charge >= 0.3 is 0 Å². The van der Waals surface area contributed by atoms with Crippen LogP contribution < -0.4 is 16.0 Å². The Hall–Kier alpha value is -1.62. The fraction of sp³-hybridized carbons (Fsp3) is 0.400. The summed E-state index contributed by atoms with van der Waals surface area (Å²) in [6.45, 7) is 6.09. The van der Waals surface area contributed by atoms with Gasteiger partial charge in [0.1, 0.15) is 18.8 Å². The van der Waals surface area contributed by atoms with E-state index in [-0.39, 0.29) is 0 Å². The molecular weight excluding hydrogens is 192 g/mol. The number of rotatable bonds is 6. The monoisotopic (exact) mass is 208 g/mol. The van der Waals surface area contributed by atoms with E-state index in [1.807, 2.05) is 0 Å². The van der Waals surface area contributed by atoms with Crippen LogP contribution in [0.15, 0.2) is 19.0 Å². The van der Waals surface area contributed by atoms with Gasteiger partial charge in [-0.3, -0.25) is 0 Å². The van der Waals surface area contributed by atoms with E-state index in [9.17, 15) is 0 Å². The van der Waals surface area contributed by atoms with Gasteiger partial charge in [-0.2, -0.15) is 0 Å². The molecule has 3 N–H and O–H groups in total. The molecule has 0 saturated carbocycles. The van der Waals surface area contributed by atoms with Crippen LogP contribution in [0.1, 0.15) is 18.9 Å². The Kier molecular flexibility index (Phi) is 4.56. The van der Waals surface area contributed by atoms with Gasteiger partial charge in [0, 0.05) is 0 Å². The molecule has 0 unspecified atom stereocenters. The molecule has 0 atom stereocenters. The lowest BCUT2D eigenvalue weighted by Crippen LogP contribution is -2.13. The summed E-state index contributed by atoms with van der Waals surface area (Å²) in [5.41, 5.74) is 3.45. The molecule has 0 radical (unpaired) electrons. The Morgan fingerprint density at radius 3 is 3.00 bits per heavy atom. The zero-order chi connectivity index (χ0) is 11.1. The zero-order valence-corrected chi connectivity index (χ0v) is 8.86. The number of hydrogen-bond acceptors (Lipinski definition) is 5. The fourth-order valence-corrected chi connectivity index (χ4v) is 1.26. The SMILES string of the molecule is C=CCOc1ncnc(NN)c1CCC. The fourth-order valence-electron chi connectivity index (χ4n) is 1.26. The number of nitrogens with one attached hydrogen (secondary N) is 1. The molecular formula is C10H16N4O. The van der Waals surface area contributed by atoms with Crippen molar-refractivity contribution >= 4 is 5.82 Å². The first-order valence-corrected chi connectivity index (χ1v) is 4.87. The minimum absolute atomic E-state index is 0.428. The van der Waals surface area contributed by atoms with Gasteiger partial charge in [0.05, 0.1) is 5.56 Å². The number of hydrogen-bond donors (Lipinski definition) is 2. The van der Waals surface area contributed by atoms with Gasteiger partial charge in [0.25, 0.3) is 0 Å². The van der Waals surface area contributed by atoms with Crippen molar-refractivity contribution in [2.24, 2.45) is 5.84 Å². The topological polar surface area (TPSA) is 73.1 Å². The van der Waals surface area contributed by atoms with Gasteiger partial charge in [-0.1, -0.05) is 26.0 Å². The molecule has 0 bridgehead atoms. The van der Waals surface area contributed by atoms with Crippen LogP contribution in [0.25, 0.3) is 0 Å². The summed E-state index contributed by atoms with van der Waals surface area (Å²) < 4.78 is 5.42. The number of nitrogens with two attached hydrogens (primary N) is 1. The van der Waals surface area contributed by atoms with E-state index in [1.54, 1.807) is 6.08 Å². The highest BCUT2D eigenvalue weighted by Crippen LogP contribution is 2.22. The molecule has 0 spiro atoms. The average Bonchev–Trinajstić information content (AvgIpc) is 2.28. The Morgan fingerprint density at radius 2 is 2.40 bits per heavy atom. The van der Waals surface area contributed by atoms with Crippen molar-refractivity contribution in [3.05, 3.63) is 24.5 Å². The van der Waals surface area contributed by atoms with Crippen molar-refractivity contribution < 1.29 is 4.74 Å². The van der Waals surface area contributed by atoms with Crippen LogP contribution in [0.3, 0.4) is 0 Å². The van der Waals surface area contributed by atoms with Crippen molar-refractivity contribution in [1.29, 1.82) is 0 Å². The summed E-state index contributed by atoms with van der Waals surface area (Å²) in [4.78, 5) is 8.10. The molecule has 0 aliphatic rings. The van der Waals surface area contributed by atoms with Crippen molar-refractivity contribution in [3.63, 3.8) is 0 Å². The summed E-state index contributed by atoms with van der Waals surface area (Å²) in [6, 6.07) is 0. The zero-order valence-electron chi connectivity index (χ0n) is 8.86. The average molecular weight is 208 g/mol. The molecule has 82 valence electrons. The highest BCUT2D eigenvalue weighted by Gasteiger charge is 2.10. The number of nitrogen functional groups attached to an aromatic ring is 1. The molecule has 1 rings (SSSR count). The van der Waals surface area contributed by atoms with Crippen LogP contribution >= 0.6 is 0 Å². The number of aromatic nitrogens is 2. The minimum atomic E-state index is 0.428. The maximum absolute atomic E-state index is 5.42. The molecule has 1 aromatic heterocycles. The quantitative estimate of drug-likeness (QED) is 0.418. The van der Waals surface area contributed by atoms with Crippen molar-refractivity contribution in [2.45, 2.75) is 19.8 Å². The van der Waals surface area contributed by atoms with Gasteiger partial charge in [0.15, 0.2) is 0 Å². The van der Waals surface area contributed by atoms with Gasteiger partial charge in [-0.25, -0.2) is 15.8 Å². The molecule has 0 saturated heterocycles.